The molecule has 0 spiro atoms. The molecular weight excluding hydrogens is 732 g/mol. The Hall–Kier alpha value is -5.40. The first-order valence-electron chi connectivity index (χ1n) is 17.5. The number of rotatable bonds is 14. The molecule has 0 heterocycles. The number of esters is 3. The monoisotopic (exact) mass is 772 g/mol. The molecule has 0 aliphatic heterocycles. The first-order chi connectivity index (χ1) is 26.4. The fourth-order valence-electron chi connectivity index (χ4n) is 7.04. The molecule has 2 aliphatic carbocycles. The number of hydrogen-bond donors (Lipinski definition) is 3. The van der Waals surface area contributed by atoms with Crippen molar-refractivity contribution in [3.05, 3.63) is 128 Å². The van der Waals surface area contributed by atoms with Crippen LogP contribution in [0.2, 0.25) is 5.02 Å². The van der Waals surface area contributed by atoms with Crippen LogP contribution >= 0.6 is 11.6 Å². The SMILES string of the molecule is CO[C@@H](C(=O)OC[C@H](OC(C)=O)c1cc(Cl)c2c(c1)C1=C([C@@H](OCc3ccccc3)C[C@H]1O)[C@@H]2OC(C)=O)c1cc(O)c(O)c(C)c1OCc1ccccc1. The highest BCUT2D eigenvalue weighted by Crippen LogP contribution is 2.54. The molecule has 55 heavy (non-hydrogen) atoms. The largest absolute Gasteiger partial charge is 0.504 e. The zero-order valence-electron chi connectivity index (χ0n) is 30.6. The summed E-state index contributed by atoms with van der Waals surface area (Å²) in [5.41, 5.74) is 4.34. The van der Waals surface area contributed by atoms with E-state index in [1.807, 2.05) is 60.7 Å². The summed E-state index contributed by atoms with van der Waals surface area (Å²) in [4.78, 5) is 38.4. The van der Waals surface area contributed by atoms with Crippen LogP contribution in [0.15, 0.2) is 84.4 Å². The summed E-state index contributed by atoms with van der Waals surface area (Å²) in [5, 5.41) is 32.5. The van der Waals surface area contributed by atoms with Crippen LogP contribution in [-0.2, 0) is 51.3 Å². The number of carbonyl (C=O) groups excluding carboxylic acids is 3. The standard InChI is InChI=1S/C42H41ClO12/c1-22-38(48)32(47)17-29(39(22)52-20-26-13-9-6-10-14-26)40(50-4)42(49)53-21-34(54-23(2)44)27-15-28-35(30(43)16-27)41(55-24(3)45)37-33(18-31(46)36(28)37)51-19-25-11-7-5-8-12-25/h5-17,31,33-34,40-41,46-48H,18-21H2,1-4H3/t31-,33+,34+,40-,41-/m1/s1. The lowest BCUT2D eigenvalue weighted by molar-refractivity contribution is -0.165. The second-order valence-corrected chi connectivity index (χ2v) is 13.7. The Morgan fingerprint density at radius 3 is 2.18 bits per heavy atom. The van der Waals surface area contributed by atoms with Crippen LogP contribution in [0, 0.1) is 6.92 Å². The predicted molar refractivity (Wildman–Crippen MR) is 199 cm³/mol. The number of halogens is 1. The van der Waals surface area contributed by atoms with Gasteiger partial charge in [0.05, 0.1) is 18.8 Å². The molecule has 0 unspecified atom stereocenters. The first kappa shape index (κ1) is 39.3. The highest BCUT2D eigenvalue weighted by Gasteiger charge is 2.47. The molecule has 12 nitrogen and oxygen atoms in total. The third-order valence-electron chi connectivity index (χ3n) is 9.50. The second kappa shape index (κ2) is 17.0. The van der Waals surface area contributed by atoms with E-state index in [1.165, 1.54) is 33.9 Å². The lowest BCUT2D eigenvalue weighted by Crippen LogP contribution is -2.24. The quantitative estimate of drug-likeness (QED) is 0.0691. The number of aliphatic hydroxyl groups excluding tert-OH is 1. The maximum Gasteiger partial charge on any atom is 0.340 e. The van der Waals surface area contributed by atoms with E-state index in [0.717, 1.165) is 17.2 Å². The first-order valence-corrected chi connectivity index (χ1v) is 17.9. The topological polar surface area (TPSA) is 167 Å². The molecule has 0 saturated heterocycles. The van der Waals surface area contributed by atoms with Gasteiger partial charge in [0, 0.05) is 54.7 Å². The van der Waals surface area contributed by atoms with Crippen molar-refractivity contribution in [3.8, 4) is 17.2 Å². The normalized spacial score (nSPS) is 18.3. The summed E-state index contributed by atoms with van der Waals surface area (Å²) >= 11 is 6.90. The lowest BCUT2D eigenvalue weighted by Gasteiger charge is -2.25. The lowest BCUT2D eigenvalue weighted by atomic mass is 9.95. The van der Waals surface area contributed by atoms with Crippen LogP contribution in [0.1, 0.15) is 77.5 Å². The van der Waals surface area contributed by atoms with Crippen molar-refractivity contribution in [2.75, 3.05) is 13.7 Å². The molecule has 288 valence electrons. The second-order valence-electron chi connectivity index (χ2n) is 13.3. The Kier molecular flexibility index (Phi) is 12.1. The number of phenols is 2. The fraction of sp³-hybridized carbons (Fsp3) is 0.310. The number of aromatic hydroxyl groups is 2. The van der Waals surface area contributed by atoms with E-state index in [1.54, 1.807) is 6.07 Å². The van der Waals surface area contributed by atoms with Crippen molar-refractivity contribution < 1.29 is 58.1 Å². The number of phenolic OH excluding ortho intramolecular Hbond substituents is 2. The van der Waals surface area contributed by atoms with Gasteiger partial charge in [-0.2, -0.15) is 0 Å². The van der Waals surface area contributed by atoms with Gasteiger partial charge in [-0.25, -0.2) is 4.79 Å². The number of fused-ring (bicyclic) bond motifs is 2. The summed E-state index contributed by atoms with van der Waals surface area (Å²) in [5.74, 6) is -2.96. The van der Waals surface area contributed by atoms with E-state index in [4.69, 9.17) is 40.0 Å². The molecule has 0 bridgehead atoms. The van der Waals surface area contributed by atoms with Gasteiger partial charge in [-0.15, -0.1) is 0 Å². The van der Waals surface area contributed by atoms with Gasteiger partial charge >= 0.3 is 17.9 Å². The molecule has 4 aromatic rings. The van der Waals surface area contributed by atoms with Crippen LogP contribution in [0.3, 0.4) is 0 Å². The molecule has 0 saturated carbocycles. The van der Waals surface area contributed by atoms with Crippen LogP contribution in [0.4, 0.5) is 0 Å². The molecular formula is C42H41ClO12. The van der Waals surface area contributed by atoms with Crippen LogP contribution in [-0.4, -0.2) is 59.2 Å². The molecule has 0 aromatic heterocycles. The Bertz CT molecular complexity index is 2100. The molecule has 5 atom stereocenters. The van der Waals surface area contributed by atoms with Crippen molar-refractivity contribution in [1.82, 2.24) is 0 Å². The van der Waals surface area contributed by atoms with Gasteiger partial charge in [-0.3, -0.25) is 9.59 Å². The smallest absolute Gasteiger partial charge is 0.340 e. The van der Waals surface area contributed by atoms with Crippen molar-refractivity contribution in [2.45, 2.75) is 70.9 Å². The van der Waals surface area contributed by atoms with Gasteiger partial charge in [0.2, 0.25) is 0 Å². The molecule has 0 fully saturated rings. The number of aliphatic hydroxyl groups is 1. The number of hydrogen-bond acceptors (Lipinski definition) is 12. The number of benzene rings is 4. The van der Waals surface area contributed by atoms with E-state index in [2.05, 4.69) is 0 Å². The minimum absolute atomic E-state index is 0.0864. The van der Waals surface area contributed by atoms with E-state index >= 15 is 0 Å². The van der Waals surface area contributed by atoms with Gasteiger partial charge < -0.3 is 43.7 Å². The predicted octanol–water partition coefficient (Wildman–Crippen LogP) is 6.90. The number of methoxy groups -OCH3 is 1. The maximum absolute atomic E-state index is 13.7. The van der Waals surface area contributed by atoms with Gasteiger partial charge in [0.25, 0.3) is 0 Å². The summed E-state index contributed by atoms with van der Waals surface area (Å²) in [6.07, 6.45) is -4.91. The Labute approximate surface area is 322 Å². The van der Waals surface area contributed by atoms with Gasteiger partial charge in [0.1, 0.15) is 19.0 Å². The van der Waals surface area contributed by atoms with Gasteiger partial charge in [-0.05, 0) is 52.9 Å². The van der Waals surface area contributed by atoms with Crippen molar-refractivity contribution >= 4 is 35.1 Å². The third kappa shape index (κ3) is 8.47. The van der Waals surface area contributed by atoms with Gasteiger partial charge in [-0.1, -0.05) is 72.3 Å². The minimum atomic E-state index is -1.43. The van der Waals surface area contributed by atoms with Crippen LogP contribution in [0.25, 0.3) is 5.57 Å². The fourth-order valence-corrected chi connectivity index (χ4v) is 7.37. The van der Waals surface area contributed by atoms with Crippen LogP contribution in [0.5, 0.6) is 17.2 Å². The molecule has 2 aliphatic rings. The summed E-state index contributed by atoms with van der Waals surface area (Å²) < 4.78 is 34.9. The summed E-state index contributed by atoms with van der Waals surface area (Å²) in [6.45, 7) is 3.86. The maximum atomic E-state index is 13.7. The average Bonchev–Trinajstić information content (AvgIpc) is 3.66. The van der Waals surface area contributed by atoms with Crippen molar-refractivity contribution in [1.29, 1.82) is 0 Å². The molecule has 13 heteroatoms. The zero-order valence-corrected chi connectivity index (χ0v) is 31.4. The highest BCUT2D eigenvalue weighted by atomic mass is 35.5. The van der Waals surface area contributed by atoms with Crippen molar-refractivity contribution in [2.24, 2.45) is 0 Å². The van der Waals surface area contributed by atoms with E-state index < -0.39 is 66.5 Å². The Balaban J connectivity index is 1.28. The van der Waals surface area contributed by atoms with Crippen molar-refractivity contribution in [3.63, 3.8) is 0 Å². The molecule has 0 amide bonds. The zero-order chi connectivity index (χ0) is 39.4. The molecule has 0 radical (unpaired) electrons. The van der Waals surface area contributed by atoms with Gasteiger partial charge in [0.15, 0.2) is 29.8 Å². The van der Waals surface area contributed by atoms with E-state index in [-0.39, 0.29) is 41.5 Å². The number of ether oxygens (including phenoxy) is 6. The molecule has 4 aromatic carbocycles. The van der Waals surface area contributed by atoms with Crippen LogP contribution < -0.4 is 4.74 Å². The minimum Gasteiger partial charge on any atom is -0.504 e. The van der Waals surface area contributed by atoms with E-state index in [0.29, 0.717) is 27.8 Å². The number of carbonyl (C=O) groups is 3. The molecule has 3 N–H and O–H groups in total. The molecule has 6 rings (SSSR count). The highest BCUT2D eigenvalue weighted by molar-refractivity contribution is 6.32. The average molecular weight is 773 g/mol. The summed E-state index contributed by atoms with van der Waals surface area (Å²) in [7, 11) is 1.27. The summed E-state index contributed by atoms with van der Waals surface area (Å²) in [6, 6.07) is 23.1. The Morgan fingerprint density at radius 2 is 1.56 bits per heavy atom. The Morgan fingerprint density at radius 1 is 0.909 bits per heavy atom. The third-order valence-corrected chi connectivity index (χ3v) is 9.81. The van der Waals surface area contributed by atoms with E-state index in [9.17, 15) is 29.7 Å².